The van der Waals surface area contributed by atoms with E-state index in [0.717, 1.165) is 22.2 Å². The normalized spacial score (nSPS) is 11.3. The first-order valence-corrected chi connectivity index (χ1v) is 10.3. The second-order valence-electron chi connectivity index (χ2n) is 7.50. The number of fused-ring (bicyclic) bond motifs is 1. The molecule has 10 nitrogen and oxygen atoms in total. The maximum atomic E-state index is 12.7. The molecular weight excluding hydrogens is 412 g/mol. The monoisotopic (exact) mass is 436 g/mol. The number of benzene rings is 1. The molecule has 32 heavy (non-hydrogen) atoms. The zero-order valence-corrected chi connectivity index (χ0v) is 17.9. The number of carbonyl (C=O) groups is 1. The first-order chi connectivity index (χ1) is 15.5. The summed E-state index contributed by atoms with van der Waals surface area (Å²) in [5, 5.41) is 12.6. The van der Waals surface area contributed by atoms with Gasteiger partial charge in [0.1, 0.15) is 12.3 Å². The minimum atomic E-state index is -0.417. The Morgan fingerprint density at radius 1 is 1.22 bits per heavy atom. The number of H-pyrrole nitrogens is 1. The van der Waals surface area contributed by atoms with Gasteiger partial charge in [0, 0.05) is 17.6 Å². The highest BCUT2D eigenvalue weighted by Gasteiger charge is 2.18. The van der Waals surface area contributed by atoms with E-state index < -0.39 is 5.97 Å². The molecule has 1 N–H and O–H groups in total. The number of aromatic amines is 1. The molecule has 0 saturated carbocycles. The summed E-state index contributed by atoms with van der Waals surface area (Å²) in [5.41, 5.74) is 2.36. The zero-order chi connectivity index (χ0) is 22.5. The maximum Gasteiger partial charge on any atom is 0.327 e. The highest BCUT2D eigenvalue weighted by molar-refractivity contribution is 5.79. The van der Waals surface area contributed by atoms with E-state index in [1.54, 1.807) is 13.2 Å². The number of furan rings is 1. The molecule has 4 rings (SSSR count). The lowest BCUT2D eigenvalue weighted by Gasteiger charge is -2.20. The molecule has 3 aromatic heterocycles. The predicted molar refractivity (Wildman–Crippen MR) is 115 cm³/mol. The van der Waals surface area contributed by atoms with E-state index in [1.165, 1.54) is 4.68 Å². The molecule has 4 aromatic rings. The molecule has 0 atom stereocenters. The van der Waals surface area contributed by atoms with Gasteiger partial charge in [0.05, 0.1) is 26.0 Å². The largest absolute Gasteiger partial charge is 0.468 e. The van der Waals surface area contributed by atoms with Gasteiger partial charge >= 0.3 is 5.97 Å². The van der Waals surface area contributed by atoms with Crippen molar-refractivity contribution < 1.29 is 13.9 Å². The summed E-state index contributed by atoms with van der Waals surface area (Å²) in [7, 11) is 0. The van der Waals surface area contributed by atoms with Gasteiger partial charge < -0.3 is 14.1 Å². The Hall–Kier alpha value is -3.79. The van der Waals surface area contributed by atoms with Crippen molar-refractivity contribution in [3.8, 4) is 0 Å². The molecule has 3 heterocycles. The molecule has 0 radical (unpaired) electrons. The molecule has 0 bridgehead atoms. The van der Waals surface area contributed by atoms with Crippen LogP contribution in [0, 0.1) is 6.92 Å². The Kier molecular flexibility index (Phi) is 6.41. The van der Waals surface area contributed by atoms with Crippen molar-refractivity contribution in [3.63, 3.8) is 0 Å². The Bertz CT molecular complexity index is 1260. The number of aromatic nitrogens is 5. The number of hydrogen-bond donors (Lipinski definition) is 1. The first kappa shape index (κ1) is 21.4. The Labute approximate surface area is 183 Å². The van der Waals surface area contributed by atoms with Gasteiger partial charge in [0.2, 0.25) is 0 Å². The van der Waals surface area contributed by atoms with Crippen LogP contribution in [0.5, 0.6) is 0 Å². The van der Waals surface area contributed by atoms with Gasteiger partial charge in [-0.15, -0.1) is 5.10 Å². The van der Waals surface area contributed by atoms with E-state index >= 15 is 0 Å². The van der Waals surface area contributed by atoms with Crippen molar-refractivity contribution in [2.75, 3.05) is 6.61 Å². The average Bonchev–Trinajstić information content (AvgIpc) is 3.41. The van der Waals surface area contributed by atoms with Crippen LogP contribution < -0.4 is 5.56 Å². The van der Waals surface area contributed by atoms with Gasteiger partial charge in [-0.05, 0) is 60.0 Å². The number of ether oxygens (including phenoxy) is 1. The van der Waals surface area contributed by atoms with Crippen molar-refractivity contribution in [1.82, 2.24) is 30.1 Å². The fourth-order valence-electron chi connectivity index (χ4n) is 3.51. The number of rotatable bonds is 9. The molecule has 0 unspecified atom stereocenters. The molecule has 10 heteroatoms. The molecule has 166 valence electrons. The zero-order valence-electron chi connectivity index (χ0n) is 17.9. The second kappa shape index (κ2) is 9.56. The predicted octanol–water partition coefficient (Wildman–Crippen LogP) is 2.18. The summed E-state index contributed by atoms with van der Waals surface area (Å²) in [6, 6.07) is 11.5. The van der Waals surface area contributed by atoms with Crippen LogP contribution in [0.25, 0.3) is 10.9 Å². The average molecular weight is 436 g/mol. The van der Waals surface area contributed by atoms with Crippen LogP contribution in [0.4, 0.5) is 0 Å². The van der Waals surface area contributed by atoms with Crippen LogP contribution in [0.3, 0.4) is 0 Å². The number of aryl methyl sites for hydroxylation is 1. The molecule has 0 fully saturated rings. The van der Waals surface area contributed by atoms with Gasteiger partial charge in [-0.2, -0.15) is 0 Å². The van der Waals surface area contributed by atoms with Crippen molar-refractivity contribution in [2.45, 2.75) is 40.0 Å². The van der Waals surface area contributed by atoms with Gasteiger partial charge in [0.25, 0.3) is 5.56 Å². The standard InChI is InChI=1S/C22H24N6O4/c1-3-31-21(29)14-28-20(24-25-26-28)13-27(12-18-5-4-8-32-18)11-17-10-16-9-15(2)6-7-19(16)23-22(17)30/h4-10H,3,11-14H2,1-2H3,(H,23,30). The topological polar surface area (TPSA) is 119 Å². The number of esters is 1. The third-order valence-electron chi connectivity index (χ3n) is 4.99. The Balaban J connectivity index is 1.60. The number of tetrazole rings is 1. The number of nitrogens with one attached hydrogen (secondary N) is 1. The Morgan fingerprint density at radius 3 is 2.88 bits per heavy atom. The third kappa shape index (κ3) is 5.09. The molecule has 0 aliphatic rings. The molecule has 0 spiro atoms. The van der Waals surface area contributed by atoms with E-state index in [4.69, 9.17) is 9.15 Å². The quantitative estimate of drug-likeness (QED) is 0.397. The van der Waals surface area contributed by atoms with E-state index in [9.17, 15) is 9.59 Å². The Morgan fingerprint density at radius 2 is 2.09 bits per heavy atom. The van der Waals surface area contributed by atoms with E-state index in [-0.39, 0.29) is 18.7 Å². The van der Waals surface area contributed by atoms with Gasteiger partial charge in [-0.25, -0.2) is 4.68 Å². The fraction of sp³-hybridized carbons (Fsp3) is 0.318. The maximum absolute atomic E-state index is 12.7. The van der Waals surface area contributed by atoms with Crippen molar-refractivity contribution in [2.24, 2.45) is 0 Å². The summed E-state index contributed by atoms with van der Waals surface area (Å²) in [4.78, 5) is 29.5. The fourth-order valence-corrected chi connectivity index (χ4v) is 3.51. The van der Waals surface area contributed by atoms with Crippen LogP contribution >= 0.6 is 0 Å². The molecule has 1 aromatic carbocycles. The van der Waals surface area contributed by atoms with Gasteiger partial charge in [-0.3, -0.25) is 14.5 Å². The lowest BCUT2D eigenvalue weighted by atomic mass is 10.1. The highest BCUT2D eigenvalue weighted by Crippen LogP contribution is 2.16. The third-order valence-corrected chi connectivity index (χ3v) is 4.99. The minimum Gasteiger partial charge on any atom is -0.468 e. The summed E-state index contributed by atoms with van der Waals surface area (Å²) in [6.45, 7) is 5.03. The summed E-state index contributed by atoms with van der Waals surface area (Å²) in [5.74, 6) is 0.806. The smallest absolute Gasteiger partial charge is 0.327 e. The summed E-state index contributed by atoms with van der Waals surface area (Å²) in [6.07, 6.45) is 1.60. The number of pyridine rings is 1. The van der Waals surface area contributed by atoms with Gasteiger partial charge in [0.15, 0.2) is 5.82 Å². The second-order valence-corrected chi connectivity index (χ2v) is 7.50. The SMILES string of the molecule is CCOC(=O)Cn1nnnc1CN(Cc1ccco1)Cc1cc2cc(C)ccc2[nH]c1=O. The number of hydrogen-bond acceptors (Lipinski definition) is 8. The van der Waals surface area contributed by atoms with Crippen molar-refractivity contribution >= 4 is 16.9 Å². The summed E-state index contributed by atoms with van der Waals surface area (Å²) >= 11 is 0. The van der Waals surface area contributed by atoms with Crippen molar-refractivity contribution in [3.05, 3.63) is 75.7 Å². The molecule has 0 saturated heterocycles. The van der Waals surface area contributed by atoms with E-state index in [1.807, 2.05) is 48.2 Å². The van der Waals surface area contributed by atoms with Gasteiger partial charge in [-0.1, -0.05) is 11.6 Å². The molecule has 0 amide bonds. The lowest BCUT2D eigenvalue weighted by molar-refractivity contribution is -0.144. The number of carbonyl (C=O) groups excluding carboxylic acids is 1. The van der Waals surface area contributed by atoms with Crippen molar-refractivity contribution in [1.29, 1.82) is 0 Å². The van der Waals surface area contributed by atoms with Crippen LogP contribution in [-0.4, -0.2) is 42.7 Å². The molecular formula is C22H24N6O4. The molecule has 0 aliphatic carbocycles. The number of nitrogens with zero attached hydrogens (tertiary/aromatic N) is 5. The first-order valence-electron chi connectivity index (χ1n) is 10.3. The highest BCUT2D eigenvalue weighted by atomic mass is 16.5. The van der Waals surface area contributed by atoms with E-state index in [2.05, 4.69) is 20.5 Å². The molecule has 0 aliphatic heterocycles. The van der Waals surface area contributed by atoms with Crippen LogP contribution in [0.1, 0.15) is 29.6 Å². The van der Waals surface area contributed by atoms with E-state index in [0.29, 0.717) is 31.0 Å². The summed E-state index contributed by atoms with van der Waals surface area (Å²) < 4.78 is 11.9. The van der Waals surface area contributed by atoms with Crippen LogP contribution in [0.2, 0.25) is 0 Å². The minimum absolute atomic E-state index is 0.0827. The van der Waals surface area contributed by atoms with Crippen LogP contribution in [0.15, 0.2) is 51.9 Å². The van der Waals surface area contributed by atoms with Crippen LogP contribution in [-0.2, 0) is 35.7 Å². The lowest BCUT2D eigenvalue weighted by Crippen LogP contribution is -2.28.